The van der Waals surface area contributed by atoms with E-state index in [4.69, 9.17) is 5.73 Å². The van der Waals surface area contributed by atoms with Crippen LogP contribution in [-0.4, -0.2) is 15.0 Å². The first-order valence-corrected chi connectivity index (χ1v) is 7.37. The molecule has 0 amide bonds. The summed E-state index contributed by atoms with van der Waals surface area (Å²) in [6.45, 7) is 4.36. The number of benzene rings is 1. The van der Waals surface area contributed by atoms with Crippen molar-refractivity contribution in [3.05, 3.63) is 29.6 Å². The second-order valence-corrected chi connectivity index (χ2v) is 6.07. The molecular weight excluding hydrogens is 255 g/mol. The largest absolute Gasteiger partial charge is 0.326 e. The maximum atomic E-state index is 13.5. The minimum Gasteiger partial charge on any atom is -0.326 e. The van der Waals surface area contributed by atoms with Crippen molar-refractivity contribution in [2.45, 2.75) is 31.7 Å². The van der Waals surface area contributed by atoms with Gasteiger partial charge in [0.2, 0.25) is 10.0 Å². The summed E-state index contributed by atoms with van der Waals surface area (Å²) >= 11 is 0. The van der Waals surface area contributed by atoms with Crippen molar-refractivity contribution in [2.75, 3.05) is 6.54 Å². The number of halogens is 1. The number of hydrogen-bond donors (Lipinski definition) is 2. The highest BCUT2D eigenvalue weighted by Gasteiger charge is 2.19. The Morgan fingerprint density at radius 3 is 2.67 bits per heavy atom. The van der Waals surface area contributed by atoms with Crippen LogP contribution in [0.3, 0.4) is 0 Å². The molecule has 1 aromatic carbocycles. The molecule has 6 heteroatoms. The van der Waals surface area contributed by atoms with Crippen molar-refractivity contribution in [3.63, 3.8) is 0 Å². The van der Waals surface area contributed by atoms with Gasteiger partial charge in [0.15, 0.2) is 0 Å². The third kappa shape index (κ3) is 3.76. The van der Waals surface area contributed by atoms with Crippen molar-refractivity contribution in [1.29, 1.82) is 0 Å². The molecule has 0 fully saturated rings. The van der Waals surface area contributed by atoms with E-state index in [1.54, 1.807) is 0 Å². The quantitative estimate of drug-likeness (QED) is 0.827. The second kappa shape index (κ2) is 6.26. The normalized spacial score (nSPS) is 13.6. The second-order valence-electron chi connectivity index (χ2n) is 4.33. The SMILES string of the molecule is CCC(C)CNS(=O)(=O)c1cc(CN)ccc1F. The topological polar surface area (TPSA) is 72.2 Å². The standard InChI is InChI=1S/C12H19FN2O2S/c1-3-9(2)8-15-18(16,17)12-6-10(7-14)4-5-11(12)13/h4-6,9,15H,3,7-8,14H2,1-2H3. The van der Waals surface area contributed by atoms with Gasteiger partial charge in [-0.2, -0.15) is 0 Å². The Hall–Kier alpha value is -0.980. The summed E-state index contributed by atoms with van der Waals surface area (Å²) in [7, 11) is -3.81. The Labute approximate surface area is 107 Å². The molecule has 0 bridgehead atoms. The van der Waals surface area contributed by atoms with Gasteiger partial charge in [-0.15, -0.1) is 0 Å². The monoisotopic (exact) mass is 274 g/mol. The van der Waals surface area contributed by atoms with Gasteiger partial charge in [0.05, 0.1) is 0 Å². The molecule has 0 saturated heterocycles. The van der Waals surface area contributed by atoms with Gasteiger partial charge in [0.25, 0.3) is 0 Å². The van der Waals surface area contributed by atoms with Crippen LogP contribution in [-0.2, 0) is 16.6 Å². The van der Waals surface area contributed by atoms with Crippen molar-refractivity contribution in [3.8, 4) is 0 Å². The lowest BCUT2D eigenvalue weighted by Gasteiger charge is -2.12. The van der Waals surface area contributed by atoms with E-state index < -0.39 is 15.8 Å². The highest BCUT2D eigenvalue weighted by molar-refractivity contribution is 7.89. The first kappa shape index (κ1) is 15.1. The van der Waals surface area contributed by atoms with E-state index in [9.17, 15) is 12.8 Å². The molecule has 1 atom stereocenters. The Morgan fingerprint density at radius 1 is 1.44 bits per heavy atom. The van der Waals surface area contributed by atoms with Crippen LogP contribution in [0.1, 0.15) is 25.8 Å². The lowest BCUT2D eigenvalue weighted by molar-refractivity contribution is 0.521. The number of nitrogens with two attached hydrogens (primary N) is 1. The fourth-order valence-electron chi connectivity index (χ4n) is 1.35. The predicted octanol–water partition coefficient (Wildman–Crippen LogP) is 1.61. The van der Waals surface area contributed by atoms with Gasteiger partial charge in [-0.05, 0) is 23.6 Å². The van der Waals surface area contributed by atoms with Gasteiger partial charge >= 0.3 is 0 Å². The Balaban J connectivity index is 2.97. The molecular formula is C12H19FN2O2S. The third-order valence-corrected chi connectivity index (χ3v) is 4.28. The smallest absolute Gasteiger partial charge is 0.243 e. The fourth-order valence-corrected chi connectivity index (χ4v) is 2.65. The van der Waals surface area contributed by atoms with E-state index in [1.165, 1.54) is 12.1 Å². The fraction of sp³-hybridized carbons (Fsp3) is 0.500. The molecule has 0 aromatic heterocycles. The summed E-state index contributed by atoms with van der Waals surface area (Å²) in [6.07, 6.45) is 0.855. The summed E-state index contributed by atoms with van der Waals surface area (Å²) in [5.41, 5.74) is 6.00. The molecule has 0 saturated carbocycles. The van der Waals surface area contributed by atoms with Gasteiger partial charge in [-0.25, -0.2) is 17.5 Å². The summed E-state index contributed by atoms with van der Waals surface area (Å²) in [6, 6.07) is 3.87. The zero-order chi connectivity index (χ0) is 13.8. The van der Waals surface area contributed by atoms with E-state index in [0.717, 1.165) is 12.5 Å². The molecule has 3 N–H and O–H groups in total. The molecule has 1 aromatic rings. The molecule has 0 heterocycles. The van der Waals surface area contributed by atoms with Crippen molar-refractivity contribution in [1.82, 2.24) is 4.72 Å². The zero-order valence-corrected chi connectivity index (χ0v) is 11.4. The minimum absolute atomic E-state index is 0.175. The molecule has 0 spiro atoms. The number of sulfonamides is 1. The van der Waals surface area contributed by atoms with Crippen LogP contribution < -0.4 is 10.5 Å². The van der Waals surface area contributed by atoms with Gasteiger partial charge in [0.1, 0.15) is 10.7 Å². The average molecular weight is 274 g/mol. The highest BCUT2D eigenvalue weighted by Crippen LogP contribution is 2.16. The summed E-state index contributed by atoms with van der Waals surface area (Å²) in [4.78, 5) is -0.339. The van der Waals surface area contributed by atoms with Gasteiger partial charge in [-0.1, -0.05) is 26.3 Å². The number of rotatable bonds is 6. The minimum atomic E-state index is -3.81. The molecule has 4 nitrogen and oxygen atoms in total. The van der Waals surface area contributed by atoms with Crippen LogP contribution in [0, 0.1) is 11.7 Å². The highest BCUT2D eigenvalue weighted by atomic mass is 32.2. The molecule has 0 aliphatic rings. The maximum absolute atomic E-state index is 13.5. The van der Waals surface area contributed by atoms with Crippen LogP contribution in [0.5, 0.6) is 0 Å². The lowest BCUT2D eigenvalue weighted by atomic mass is 10.1. The molecule has 0 radical (unpaired) electrons. The van der Waals surface area contributed by atoms with Gasteiger partial charge < -0.3 is 5.73 Å². The Kier molecular flexibility index (Phi) is 5.25. The number of nitrogens with one attached hydrogen (secondary N) is 1. The van der Waals surface area contributed by atoms with E-state index in [1.807, 2.05) is 13.8 Å². The van der Waals surface area contributed by atoms with Gasteiger partial charge in [-0.3, -0.25) is 0 Å². The lowest BCUT2D eigenvalue weighted by Crippen LogP contribution is -2.29. The van der Waals surface area contributed by atoms with E-state index in [2.05, 4.69) is 4.72 Å². The van der Waals surface area contributed by atoms with Gasteiger partial charge in [0, 0.05) is 13.1 Å². The summed E-state index contributed by atoms with van der Waals surface area (Å²) in [5.74, 6) is -0.552. The Morgan fingerprint density at radius 2 is 2.11 bits per heavy atom. The molecule has 102 valence electrons. The maximum Gasteiger partial charge on any atom is 0.243 e. The van der Waals surface area contributed by atoms with Crippen molar-refractivity contribution in [2.24, 2.45) is 11.7 Å². The zero-order valence-electron chi connectivity index (χ0n) is 10.6. The predicted molar refractivity (Wildman–Crippen MR) is 68.9 cm³/mol. The van der Waals surface area contributed by atoms with E-state index in [0.29, 0.717) is 12.1 Å². The van der Waals surface area contributed by atoms with Crippen LogP contribution in [0.15, 0.2) is 23.1 Å². The molecule has 1 unspecified atom stereocenters. The average Bonchev–Trinajstić information content (AvgIpc) is 2.36. The van der Waals surface area contributed by atoms with Crippen molar-refractivity contribution < 1.29 is 12.8 Å². The first-order chi connectivity index (χ1) is 8.40. The summed E-state index contributed by atoms with van der Waals surface area (Å²) < 4.78 is 39.9. The Bertz CT molecular complexity index is 503. The van der Waals surface area contributed by atoms with Crippen molar-refractivity contribution >= 4 is 10.0 Å². The van der Waals surface area contributed by atoms with Crippen LogP contribution >= 0.6 is 0 Å². The van der Waals surface area contributed by atoms with E-state index >= 15 is 0 Å². The third-order valence-electron chi connectivity index (χ3n) is 2.84. The molecule has 1 rings (SSSR count). The summed E-state index contributed by atoms with van der Waals surface area (Å²) in [5, 5.41) is 0. The van der Waals surface area contributed by atoms with Crippen LogP contribution in [0.4, 0.5) is 4.39 Å². The van der Waals surface area contributed by atoms with Crippen LogP contribution in [0.2, 0.25) is 0 Å². The molecule has 18 heavy (non-hydrogen) atoms. The molecule has 0 aliphatic carbocycles. The number of hydrogen-bond acceptors (Lipinski definition) is 3. The first-order valence-electron chi connectivity index (χ1n) is 5.88. The van der Waals surface area contributed by atoms with E-state index in [-0.39, 0.29) is 17.4 Å². The van der Waals surface area contributed by atoms with Crippen LogP contribution in [0.25, 0.3) is 0 Å². The molecule has 0 aliphatic heterocycles.